The van der Waals surface area contributed by atoms with Gasteiger partial charge in [0.15, 0.2) is 0 Å². The van der Waals surface area contributed by atoms with Gasteiger partial charge in [-0.15, -0.1) is 0 Å². The van der Waals surface area contributed by atoms with Crippen LogP contribution in [0.5, 0.6) is 0 Å². The van der Waals surface area contributed by atoms with E-state index in [2.05, 4.69) is 0 Å². The van der Waals surface area contributed by atoms with Gasteiger partial charge < -0.3 is 14.8 Å². The Bertz CT molecular complexity index is 287. The summed E-state index contributed by atoms with van der Waals surface area (Å²) in [5.41, 5.74) is 0. The van der Waals surface area contributed by atoms with Crippen molar-refractivity contribution in [3.05, 3.63) is 0 Å². The molecule has 18 heavy (non-hydrogen) atoms. The Balaban J connectivity index is 0. The van der Waals surface area contributed by atoms with Gasteiger partial charge in [0.2, 0.25) is 0 Å². The first-order valence-electron chi connectivity index (χ1n) is 5.80. The van der Waals surface area contributed by atoms with E-state index < -0.39 is 28.1 Å². The second kappa shape index (κ2) is 11.1. The summed E-state index contributed by atoms with van der Waals surface area (Å²) in [7, 11) is -4.26. The number of nitrogens with zero attached hydrogens (tertiary/aromatic N) is 1. The van der Waals surface area contributed by atoms with Crippen molar-refractivity contribution in [2.24, 2.45) is 0 Å². The zero-order valence-electron chi connectivity index (χ0n) is 11.4. The van der Waals surface area contributed by atoms with Gasteiger partial charge in [-0.05, 0) is 12.8 Å². The van der Waals surface area contributed by atoms with Crippen LogP contribution in [-0.4, -0.2) is 65.7 Å². The molecule has 0 aliphatic rings. The van der Waals surface area contributed by atoms with E-state index in [1.54, 1.807) is 4.90 Å². The van der Waals surface area contributed by atoms with E-state index in [4.69, 9.17) is 0 Å². The van der Waals surface area contributed by atoms with Crippen molar-refractivity contribution in [3.8, 4) is 0 Å². The summed E-state index contributed by atoms with van der Waals surface area (Å²) in [6.07, 6.45) is -0.0621. The predicted octanol–water partition coefficient (Wildman–Crippen LogP) is -3.62. The molecule has 0 radical (unpaired) electrons. The fourth-order valence-electron chi connectivity index (χ4n) is 1.35. The molecule has 0 aromatic carbocycles. The minimum Gasteiger partial charge on any atom is -0.748 e. The molecular weight excluding hydrogens is 285 g/mol. The molecule has 0 spiro atoms. The van der Waals surface area contributed by atoms with Crippen LogP contribution in [0, 0.1) is 0 Å². The van der Waals surface area contributed by atoms with Gasteiger partial charge in [0.25, 0.3) is 0 Å². The summed E-state index contributed by atoms with van der Waals surface area (Å²) in [4.78, 5) is 1.61. The van der Waals surface area contributed by atoms with E-state index in [0.29, 0.717) is 12.8 Å². The van der Waals surface area contributed by atoms with Crippen LogP contribution in [0.15, 0.2) is 0 Å². The molecule has 8 heteroatoms. The van der Waals surface area contributed by atoms with Crippen LogP contribution in [0.2, 0.25) is 0 Å². The number of hydrogen-bond acceptors (Lipinski definition) is 6. The molecule has 2 N–H and O–H groups in total. The Labute approximate surface area is 152 Å². The molecule has 0 bridgehead atoms. The summed E-state index contributed by atoms with van der Waals surface area (Å²) in [5, 5.41) is 19.0. The molecule has 0 rings (SSSR count). The van der Waals surface area contributed by atoms with Gasteiger partial charge in [0.1, 0.15) is 0 Å². The molecule has 0 aromatic heterocycles. The Morgan fingerprint density at radius 3 is 1.78 bits per heavy atom. The summed E-state index contributed by atoms with van der Waals surface area (Å²) in [6.45, 7) is 4.19. The summed E-state index contributed by atoms with van der Waals surface area (Å²) in [6, 6.07) is 0. The Morgan fingerprint density at radius 1 is 1.11 bits per heavy atom. The zero-order valence-corrected chi connectivity index (χ0v) is 15.3. The van der Waals surface area contributed by atoms with E-state index in [9.17, 15) is 23.2 Å². The van der Waals surface area contributed by atoms with Gasteiger partial charge in [-0.1, -0.05) is 13.8 Å². The molecule has 0 saturated carbocycles. The van der Waals surface area contributed by atoms with E-state index in [1.165, 1.54) is 0 Å². The first-order valence-corrected chi connectivity index (χ1v) is 7.38. The van der Waals surface area contributed by atoms with E-state index in [-0.39, 0.29) is 71.0 Å². The standard InChI is InChI=1S/C10H23NO5S.K/c1-3-9(12)7-11(8-10(13)4-2)5-6-17(14,15)16;/h9-10,12-13H,3-8H2,1-2H3,(H,14,15,16);/q;+1/p-1. The van der Waals surface area contributed by atoms with Crippen LogP contribution < -0.4 is 51.4 Å². The van der Waals surface area contributed by atoms with Gasteiger partial charge in [-0.25, -0.2) is 8.42 Å². The van der Waals surface area contributed by atoms with Gasteiger partial charge in [-0.2, -0.15) is 0 Å². The average Bonchev–Trinajstić information content (AvgIpc) is 2.24. The molecule has 0 amide bonds. The summed E-state index contributed by atoms with van der Waals surface area (Å²) < 4.78 is 31.6. The van der Waals surface area contributed by atoms with E-state index in [1.807, 2.05) is 13.8 Å². The maximum absolute atomic E-state index is 10.5. The first-order chi connectivity index (χ1) is 7.78. The van der Waals surface area contributed by atoms with Crippen molar-refractivity contribution in [1.82, 2.24) is 4.90 Å². The minimum absolute atomic E-state index is 0. The molecule has 0 fully saturated rings. The molecule has 6 nitrogen and oxygen atoms in total. The Kier molecular flexibility index (Phi) is 13.4. The second-order valence-electron chi connectivity index (χ2n) is 4.15. The Morgan fingerprint density at radius 2 is 1.50 bits per heavy atom. The monoisotopic (exact) mass is 307 g/mol. The molecule has 0 saturated heterocycles. The van der Waals surface area contributed by atoms with Gasteiger partial charge in [0, 0.05) is 19.6 Å². The topological polar surface area (TPSA) is 101 Å². The zero-order chi connectivity index (χ0) is 13.5. The minimum atomic E-state index is -4.26. The first kappa shape index (κ1) is 21.7. The molecule has 0 heterocycles. The summed E-state index contributed by atoms with van der Waals surface area (Å²) in [5.74, 6) is -0.500. The number of rotatable bonds is 9. The quantitative estimate of drug-likeness (QED) is 0.337. The van der Waals surface area contributed by atoms with Gasteiger partial charge in [-0.3, -0.25) is 4.90 Å². The Hall–Kier alpha value is 1.43. The SMILES string of the molecule is CCC(O)CN(CCS(=O)(=O)[O-])CC(O)CC.[K+]. The molecule has 2 unspecified atom stereocenters. The third-order valence-electron chi connectivity index (χ3n) is 2.54. The van der Waals surface area contributed by atoms with Crippen molar-refractivity contribution in [3.63, 3.8) is 0 Å². The van der Waals surface area contributed by atoms with Crippen LogP contribution in [0.1, 0.15) is 26.7 Å². The molecular formula is C10H22KNO5S. The third-order valence-corrected chi connectivity index (χ3v) is 3.22. The maximum Gasteiger partial charge on any atom is 1.00 e. The van der Waals surface area contributed by atoms with Crippen LogP contribution in [0.4, 0.5) is 0 Å². The number of aliphatic hydroxyl groups excluding tert-OH is 2. The average molecular weight is 307 g/mol. The predicted molar refractivity (Wildman–Crippen MR) is 63.6 cm³/mol. The third kappa shape index (κ3) is 12.5. The number of aliphatic hydroxyl groups is 2. The maximum atomic E-state index is 10.5. The molecule has 2 atom stereocenters. The van der Waals surface area contributed by atoms with Crippen molar-refractivity contribution in [2.45, 2.75) is 38.9 Å². The van der Waals surface area contributed by atoms with Crippen molar-refractivity contribution in [2.75, 3.05) is 25.4 Å². The van der Waals surface area contributed by atoms with E-state index >= 15 is 0 Å². The van der Waals surface area contributed by atoms with Crippen LogP contribution >= 0.6 is 0 Å². The van der Waals surface area contributed by atoms with Crippen molar-refractivity contribution >= 4 is 10.1 Å². The van der Waals surface area contributed by atoms with Gasteiger partial charge >= 0.3 is 51.4 Å². The van der Waals surface area contributed by atoms with Crippen LogP contribution in [-0.2, 0) is 10.1 Å². The summed E-state index contributed by atoms with van der Waals surface area (Å²) >= 11 is 0. The number of hydrogen-bond donors (Lipinski definition) is 2. The fourth-order valence-corrected chi connectivity index (χ4v) is 1.83. The van der Waals surface area contributed by atoms with Crippen molar-refractivity contribution in [1.29, 1.82) is 0 Å². The fraction of sp³-hybridized carbons (Fsp3) is 1.00. The van der Waals surface area contributed by atoms with Crippen molar-refractivity contribution < 1.29 is 74.6 Å². The second-order valence-corrected chi connectivity index (χ2v) is 5.67. The largest absolute Gasteiger partial charge is 1.00 e. The molecule has 0 aromatic rings. The molecule has 0 aliphatic carbocycles. The molecule has 104 valence electrons. The van der Waals surface area contributed by atoms with Crippen LogP contribution in [0.3, 0.4) is 0 Å². The van der Waals surface area contributed by atoms with Crippen LogP contribution in [0.25, 0.3) is 0 Å². The smallest absolute Gasteiger partial charge is 0.748 e. The van der Waals surface area contributed by atoms with E-state index in [0.717, 1.165) is 0 Å². The molecule has 0 aliphatic heterocycles. The van der Waals surface area contributed by atoms with Gasteiger partial charge in [0.05, 0.1) is 28.1 Å². The normalized spacial score (nSPS) is 15.2.